The molecule has 0 aromatic heterocycles. The molecule has 0 N–H and O–H groups in total. The van der Waals surface area contributed by atoms with Crippen LogP contribution >= 0.6 is 0 Å². The van der Waals surface area contributed by atoms with Gasteiger partial charge in [0.15, 0.2) is 0 Å². The standard InChI is InChI=1S/C10H16N/c1-2-3-8-11-9-6-4-5-7-10-11/h6H,2-3,7-10H2,1H3. The van der Waals surface area contributed by atoms with E-state index in [-0.39, 0.29) is 0 Å². The van der Waals surface area contributed by atoms with Crippen molar-refractivity contribution in [3.8, 4) is 0 Å². The molecule has 1 rings (SSSR count). The Morgan fingerprint density at radius 1 is 1.55 bits per heavy atom. The quantitative estimate of drug-likeness (QED) is 0.556. The number of rotatable bonds is 3. The first-order valence-electron chi connectivity index (χ1n) is 4.46. The lowest BCUT2D eigenvalue weighted by molar-refractivity contribution is 0.304. The smallest absolute Gasteiger partial charge is 0.0238 e. The van der Waals surface area contributed by atoms with Crippen LogP contribution in [0.2, 0.25) is 0 Å². The summed E-state index contributed by atoms with van der Waals surface area (Å²) in [6.45, 7) is 5.69. The van der Waals surface area contributed by atoms with E-state index in [1.807, 2.05) is 0 Å². The van der Waals surface area contributed by atoms with Gasteiger partial charge in [-0.05, 0) is 25.5 Å². The van der Waals surface area contributed by atoms with Gasteiger partial charge in [0.25, 0.3) is 0 Å². The topological polar surface area (TPSA) is 3.24 Å². The summed E-state index contributed by atoms with van der Waals surface area (Å²) in [4.78, 5) is 2.45. The number of hydrogen-bond donors (Lipinski definition) is 0. The van der Waals surface area contributed by atoms with Crippen LogP contribution in [0.15, 0.2) is 11.8 Å². The largest absolute Gasteiger partial charge is 0.299 e. The monoisotopic (exact) mass is 150 g/mol. The summed E-state index contributed by atoms with van der Waals surface area (Å²) in [6, 6.07) is 0. The molecule has 1 heteroatoms. The molecule has 0 atom stereocenters. The summed E-state index contributed by atoms with van der Waals surface area (Å²) in [5.74, 6) is 0. The lowest BCUT2D eigenvalue weighted by atomic mass is 10.3. The third kappa shape index (κ3) is 3.41. The maximum absolute atomic E-state index is 3.11. The molecule has 0 amide bonds. The first-order chi connectivity index (χ1) is 5.43. The molecule has 11 heavy (non-hydrogen) atoms. The summed E-state index contributed by atoms with van der Waals surface area (Å²) in [5.41, 5.74) is 3.04. The van der Waals surface area contributed by atoms with Crippen LogP contribution in [0, 0.1) is 6.08 Å². The fraction of sp³-hybridized carbons (Fsp3) is 0.700. The molecular formula is C10H16N. The summed E-state index contributed by atoms with van der Waals surface area (Å²) < 4.78 is 0. The van der Waals surface area contributed by atoms with Crippen molar-refractivity contribution < 1.29 is 0 Å². The molecular weight excluding hydrogens is 134 g/mol. The summed E-state index contributed by atoms with van der Waals surface area (Å²) in [6.07, 6.45) is 8.82. The van der Waals surface area contributed by atoms with Gasteiger partial charge >= 0.3 is 0 Å². The molecule has 0 unspecified atom stereocenters. The first kappa shape index (κ1) is 8.58. The van der Waals surface area contributed by atoms with Crippen LogP contribution in [-0.2, 0) is 0 Å². The fourth-order valence-electron chi connectivity index (χ4n) is 1.21. The third-order valence-corrected chi connectivity index (χ3v) is 1.93. The van der Waals surface area contributed by atoms with Gasteiger partial charge in [-0.15, -0.1) is 5.73 Å². The SMILES string of the molecule is CCCCN1CC=C=[C]CC1. The Morgan fingerprint density at radius 2 is 2.45 bits per heavy atom. The summed E-state index contributed by atoms with van der Waals surface area (Å²) >= 11 is 0. The van der Waals surface area contributed by atoms with E-state index in [1.54, 1.807) is 0 Å². The van der Waals surface area contributed by atoms with Gasteiger partial charge in [0, 0.05) is 19.2 Å². The van der Waals surface area contributed by atoms with E-state index in [4.69, 9.17) is 0 Å². The molecule has 0 aromatic carbocycles. The number of unbranched alkanes of at least 4 members (excludes halogenated alkanes) is 1. The predicted molar refractivity (Wildman–Crippen MR) is 47.3 cm³/mol. The molecule has 0 aromatic rings. The fourth-order valence-corrected chi connectivity index (χ4v) is 1.21. The maximum Gasteiger partial charge on any atom is 0.0238 e. The number of nitrogens with zero attached hydrogens (tertiary/aromatic N) is 1. The van der Waals surface area contributed by atoms with Gasteiger partial charge < -0.3 is 0 Å². The molecule has 0 saturated heterocycles. The first-order valence-corrected chi connectivity index (χ1v) is 4.46. The molecule has 1 aliphatic rings. The van der Waals surface area contributed by atoms with Crippen molar-refractivity contribution in [2.24, 2.45) is 0 Å². The lowest BCUT2D eigenvalue weighted by Gasteiger charge is -2.17. The van der Waals surface area contributed by atoms with Gasteiger partial charge in [-0.1, -0.05) is 13.3 Å². The second kappa shape index (κ2) is 5.17. The Hall–Kier alpha value is -0.520. The van der Waals surface area contributed by atoms with Crippen molar-refractivity contribution in [1.82, 2.24) is 4.90 Å². The Bertz CT molecular complexity index is 154. The predicted octanol–water partition coefficient (Wildman–Crippen LogP) is 2.01. The Kier molecular flexibility index (Phi) is 4.03. The van der Waals surface area contributed by atoms with Gasteiger partial charge in [0.05, 0.1) is 0 Å². The van der Waals surface area contributed by atoms with E-state index in [2.05, 4.69) is 29.7 Å². The van der Waals surface area contributed by atoms with E-state index >= 15 is 0 Å². The van der Waals surface area contributed by atoms with E-state index in [0.29, 0.717) is 0 Å². The van der Waals surface area contributed by atoms with Gasteiger partial charge in [0.1, 0.15) is 0 Å². The van der Waals surface area contributed by atoms with Crippen LogP contribution in [-0.4, -0.2) is 24.5 Å². The minimum atomic E-state index is 1.04. The van der Waals surface area contributed by atoms with Crippen LogP contribution in [0.3, 0.4) is 0 Å². The maximum atomic E-state index is 3.11. The van der Waals surface area contributed by atoms with Crippen LogP contribution in [0.25, 0.3) is 0 Å². The molecule has 1 aliphatic heterocycles. The van der Waals surface area contributed by atoms with E-state index in [1.165, 1.54) is 19.4 Å². The minimum Gasteiger partial charge on any atom is -0.299 e. The third-order valence-electron chi connectivity index (χ3n) is 1.93. The highest BCUT2D eigenvalue weighted by Gasteiger charge is 2.01. The Balaban J connectivity index is 2.20. The van der Waals surface area contributed by atoms with Crippen molar-refractivity contribution in [1.29, 1.82) is 0 Å². The molecule has 0 fully saturated rings. The van der Waals surface area contributed by atoms with Gasteiger partial charge in [-0.2, -0.15) is 0 Å². The van der Waals surface area contributed by atoms with E-state index in [0.717, 1.165) is 19.5 Å². The molecule has 0 bridgehead atoms. The molecule has 0 spiro atoms. The molecule has 1 radical (unpaired) electrons. The normalized spacial score (nSPS) is 18.6. The average Bonchev–Trinajstić information content (AvgIpc) is 2.28. The molecule has 0 saturated carbocycles. The average molecular weight is 150 g/mol. The molecule has 61 valence electrons. The second-order valence-electron chi connectivity index (χ2n) is 2.93. The Labute approximate surface area is 69.4 Å². The van der Waals surface area contributed by atoms with Crippen molar-refractivity contribution in [2.75, 3.05) is 19.6 Å². The number of hydrogen-bond acceptors (Lipinski definition) is 1. The molecule has 0 aliphatic carbocycles. The van der Waals surface area contributed by atoms with Crippen LogP contribution in [0.4, 0.5) is 0 Å². The zero-order chi connectivity index (χ0) is 7.94. The van der Waals surface area contributed by atoms with Gasteiger partial charge in [0.2, 0.25) is 0 Å². The van der Waals surface area contributed by atoms with Gasteiger partial charge in [-0.25, -0.2) is 0 Å². The van der Waals surface area contributed by atoms with Crippen molar-refractivity contribution in [2.45, 2.75) is 26.2 Å². The zero-order valence-electron chi connectivity index (χ0n) is 7.27. The van der Waals surface area contributed by atoms with Crippen molar-refractivity contribution in [3.63, 3.8) is 0 Å². The van der Waals surface area contributed by atoms with Gasteiger partial charge in [-0.3, -0.25) is 4.90 Å². The highest BCUT2D eigenvalue weighted by Crippen LogP contribution is 1.99. The molecule has 1 heterocycles. The van der Waals surface area contributed by atoms with E-state index < -0.39 is 0 Å². The summed E-state index contributed by atoms with van der Waals surface area (Å²) in [7, 11) is 0. The van der Waals surface area contributed by atoms with Crippen LogP contribution in [0.1, 0.15) is 26.2 Å². The zero-order valence-corrected chi connectivity index (χ0v) is 7.27. The van der Waals surface area contributed by atoms with E-state index in [9.17, 15) is 0 Å². The lowest BCUT2D eigenvalue weighted by Crippen LogP contribution is -2.25. The van der Waals surface area contributed by atoms with Crippen molar-refractivity contribution >= 4 is 0 Å². The highest BCUT2D eigenvalue weighted by atomic mass is 15.1. The van der Waals surface area contributed by atoms with Crippen LogP contribution in [0.5, 0.6) is 0 Å². The second-order valence-corrected chi connectivity index (χ2v) is 2.93. The van der Waals surface area contributed by atoms with Crippen LogP contribution < -0.4 is 0 Å². The molecule has 1 nitrogen and oxygen atoms in total. The highest BCUT2D eigenvalue weighted by molar-refractivity contribution is 4.86. The minimum absolute atomic E-state index is 1.04. The Morgan fingerprint density at radius 3 is 3.27 bits per heavy atom. The summed E-state index contributed by atoms with van der Waals surface area (Å²) in [5, 5.41) is 0. The van der Waals surface area contributed by atoms with Crippen molar-refractivity contribution in [3.05, 3.63) is 17.9 Å².